The van der Waals surface area contributed by atoms with Gasteiger partial charge in [-0.05, 0) is 74.0 Å². The molecule has 8 nitrogen and oxygen atoms in total. The Labute approximate surface area is 219 Å². The van der Waals surface area contributed by atoms with Crippen LogP contribution in [0, 0.1) is 0 Å². The fourth-order valence-corrected chi connectivity index (χ4v) is 6.03. The van der Waals surface area contributed by atoms with Gasteiger partial charge in [-0.25, -0.2) is 8.42 Å². The molecule has 38 heavy (non-hydrogen) atoms. The molecule has 0 fully saturated rings. The number of anilines is 1. The van der Waals surface area contributed by atoms with Crippen LogP contribution in [0.2, 0.25) is 0 Å². The molecule has 0 heterocycles. The van der Waals surface area contributed by atoms with Gasteiger partial charge in [-0.1, -0.05) is 18.2 Å². The second-order valence-electron chi connectivity index (χ2n) is 8.56. The number of sulfonamides is 1. The minimum atomic E-state index is -4.72. The van der Waals surface area contributed by atoms with Crippen molar-refractivity contribution in [3.05, 3.63) is 83.9 Å². The quantitative estimate of drug-likeness (QED) is 0.362. The summed E-state index contributed by atoms with van der Waals surface area (Å²) < 4.78 is 96.6. The van der Waals surface area contributed by atoms with Crippen LogP contribution in [-0.2, 0) is 37.7 Å². The number of carbonyl (C=O) groups excluding carboxylic acids is 1. The Bertz CT molecular complexity index is 1500. The van der Waals surface area contributed by atoms with Crippen molar-refractivity contribution in [2.75, 3.05) is 5.32 Å². The van der Waals surface area contributed by atoms with Crippen molar-refractivity contribution < 1.29 is 39.0 Å². The molecule has 0 aliphatic rings. The first-order valence-electron chi connectivity index (χ1n) is 11.2. The molecule has 13 heteroatoms. The van der Waals surface area contributed by atoms with Gasteiger partial charge < -0.3 is 9.50 Å². The summed E-state index contributed by atoms with van der Waals surface area (Å²) >= 11 is 0. The molecule has 3 aromatic rings. The van der Waals surface area contributed by atoms with Crippen molar-refractivity contribution in [1.29, 1.82) is 0 Å². The second kappa shape index (κ2) is 11.1. The van der Waals surface area contributed by atoms with Gasteiger partial charge in [-0.2, -0.15) is 25.9 Å². The van der Waals surface area contributed by atoms with Crippen LogP contribution in [0.15, 0.2) is 82.6 Å². The van der Waals surface area contributed by atoms with Crippen molar-refractivity contribution in [1.82, 2.24) is 4.31 Å². The number of carbonyl (C=O) groups is 1. The van der Waals surface area contributed by atoms with Gasteiger partial charge in [-0.15, -0.1) is 0 Å². The predicted molar refractivity (Wildman–Crippen MR) is 134 cm³/mol. The number of hydrogen-bond acceptors (Lipinski definition) is 6. The van der Waals surface area contributed by atoms with Gasteiger partial charge in [0.05, 0.1) is 10.5 Å². The van der Waals surface area contributed by atoms with E-state index < -0.39 is 42.8 Å². The summed E-state index contributed by atoms with van der Waals surface area (Å²) in [5.74, 6) is -0.446. The van der Waals surface area contributed by atoms with Crippen LogP contribution in [0.5, 0.6) is 5.75 Å². The van der Waals surface area contributed by atoms with Crippen molar-refractivity contribution in [2.24, 2.45) is 0 Å². The molecule has 0 saturated carbocycles. The van der Waals surface area contributed by atoms with Crippen LogP contribution in [-0.4, -0.2) is 33.1 Å². The molecule has 0 radical (unpaired) electrons. The van der Waals surface area contributed by atoms with Gasteiger partial charge in [0.15, 0.2) is 0 Å². The maximum Gasteiger partial charge on any atom is 0.416 e. The molecule has 1 N–H and O–H groups in total. The maximum atomic E-state index is 13.3. The van der Waals surface area contributed by atoms with Crippen LogP contribution < -0.4 is 9.50 Å². The summed E-state index contributed by atoms with van der Waals surface area (Å²) in [7, 11) is -8.48. The Morgan fingerprint density at radius 2 is 1.53 bits per heavy atom. The zero-order valence-electron chi connectivity index (χ0n) is 20.6. The summed E-state index contributed by atoms with van der Waals surface area (Å²) in [6.45, 7) is 4.68. The van der Waals surface area contributed by atoms with E-state index in [-0.39, 0.29) is 23.1 Å². The molecule has 0 aliphatic heterocycles. The third-order valence-electron chi connectivity index (χ3n) is 5.27. The monoisotopic (exact) mass is 570 g/mol. The number of rotatable bonds is 9. The van der Waals surface area contributed by atoms with E-state index in [4.69, 9.17) is 4.18 Å². The number of halogens is 3. The molecule has 3 rings (SSSR count). The summed E-state index contributed by atoms with van der Waals surface area (Å²) in [5, 5.41) is 2.56. The highest BCUT2D eigenvalue weighted by atomic mass is 32.2. The molecule has 3 aromatic carbocycles. The van der Waals surface area contributed by atoms with E-state index in [1.165, 1.54) is 59.8 Å². The average molecular weight is 571 g/mol. The van der Waals surface area contributed by atoms with E-state index in [0.717, 1.165) is 18.2 Å². The first-order valence-corrected chi connectivity index (χ1v) is 14.0. The lowest BCUT2D eigenvalue weighted by atomic mass is 10.2. The fraction of sp³-hybridized carbons (Fsp3) is 0.240. The Morgan fingerprint density at radius 3 is 2.05 bits per heavy atom. The minimum absolute atomic E-state index is 0.0208. The van der Waals surface area contributed by atoms with E-state index >= 15 is 0 Å². The first-order chi connectivity index (χ1) is 17.6. The lowest BCUT2D eigenvalue weighted by molar-refractivity contribution is -0.137. The molecule has 1 amide bonds. The standard InChI is InChI=1S/C25H25F3N2O6S2/c1-17(2)30(37(32,33)23-13-9-21(10-14-23)29-18(3)31)16-19-7-11-22(12-8-19)36-38(34,35)24-6-4-5-20(15-24)25(26,27)28/h4-15,17H,16H2,1-3H3,(H,29,31). The number of hydrogen-bond donors (Lipinski definition) is 1. The van der Waals surface area contributed by atoms with Crippen molar-refractivity contribution >= 4 is 31.7 Å². The highest BCUT2D eigenvalue weighted by molar-refractivity contribution is 7.89. The summed E-state index contributed by atoms with van der Waals surface area (Å²) in [6.07, 6.45) is -4.72. The fourth-order valence-electron chi connectivity index (χ4n) is 3.43. The van der Waals surface area contributed by atoms with Gasteiger partial charge in [0.2, 0.25) is 15.9 Å². The highest BCUT2D eigenvalue weighted by Gasteiger charge is 2.32. The lowest BCUT2D eigenvalue weighted by Crippen LogP contribution is -2.36. The Morgan fingerprint density at radius 1 is 0.921 bits per heavy atom. The van der Waals surface area contributed by atoms with E-state index in [1.807, 2.05) is 0 Å². The zero-order valence-corrected chi connectivity index (χ0v) is 22.2. The Balaban J connectivity index is 1.78. The van der Waals surface area contributed by atoms with Gasteiger partial charge in [0.1, 0.15) is 10.6 Å². The molecule has 0 spiro atoms. The van der Waals surface area contributed by atoms with Crippen molar-refractivity contribution in [3.8, 4) is 5.75 Å². The van der Waals surface area contributed by atoms with E-state index in [2.05, 4.69) is 5.32 Å². The van der Waals surface area contributed by atoms with Gasteiger partial charge >= 0.3 is 16.3 Å². The Kier molecular flexibility index (Phi) is 8.54. The van der Waals surface area contributed by atoms with Crippen LogP contribution in [0.3, 0.4) is 0 Å². The molecule has 0 atom stereocenters. The largest absolute Gasteiger partial charge is 0.416 e. The third-order valence-corrected chi connectivity index (χ3v) is 8.55. The molecule has 0 aromatic heterocycles. The van der Waals surface area contributed by atoms with E-state index in [9.17, 15) is 34.8 Å². The summed E-state index contributed by atoms with van der Waals surface area (Å²) in [5.41, 5.74) is -0.165. The van der Waals surface area contributed by atoms with Crippen LogP contribution in [0.25, 0.3) is 0 Å². The summed E-state index contributed by atoms with van der Waals surface area (Å²) in [4.78, 5) is 10.6. The lowest BCUT2D eigenvalue weighted by Gasteiger charge is -2.26. The van der Waals surface area contributed by atoms with Crippen LogP contribution in [0.1, 0.15) is 31.9 Å². The molecule has 0 saturated heterocycles. The normalized spacial score (nSPS) is 12.5. The number of nitrogens with one attached hydrogen (secondary N) is 1. The molecule has 0 aliphatic carbocycles. The maximum absolute atomic E-state index is 13.3. The zero-order chi connectivity index (χ0) is 28.3. The number of alkyl halides is 3. The SMILES string of the molecule is CC(=O)Nc1ccc(S(=O)(=O)N(Cc2ccc(OS(=O)(=O)c3cccc(C(F)(F)F)c3)cc2)C(C)C)cc1. The molecule has 0 bridgehead atoms. The third kappa shape index (κ3) is 7.11. The van der Waals surface area contributed by atoms with E-state index in [1.54, 1.807) is 13.8 Å². The molecule has 0 unspecified atom stereocenters. The number of amides is 1. The van der Waals surface area contributed by atoms with Crippen LogP contribution in [0.4, 0.5) is 18.9 Å². The van der Waals surface area contributed by atoms with Crippen molar-refractivity contribution in [3.63, 3.8) is 0 Å². The summed E-state index contributed by atoms with van der Waals surface area (Å²) in [6, 6.07) is 14.0. The number of nitrogens with zero attached hydrogens (tertiary/aromatic N) is 1. The molecular formula is C25H25F3N2O6S2. The molecule has 204 valence electrons. The second-order valence-corrected chi connectivity index (χ2v) is 12.0. The average Bonchev–Trinajstić information content (AvgIpc) is 2.82. The van der Waals surface area contributed by atoms with E-state index in [0.29, 0.717) is 17.3 Å². The Hall–Kier alpha value is -3.42. The van der Waals surface area contributed by atoms with Gasteiger partial charge in [0, 0.05) is 25.2 Å². The van der Waals surface area contributed by atoms with Crippen LogP contribution >= 0.6 is 0 Å². The number of benzene rings is 3. The first kappa shape index (κ1) is 29.1. The van der Waals surface area contributed by atoms with Gasteiger partial charge in [0.25, 0.3) is 0 Å². The highest BCUT2D eigenvalue weighted by Crippen LogP contribution is 2.31. The smallest absolute Gasteiger partial charge is 0.379 e. The van der Waals surface area contributed by atoms with Gasteiger partial charge in [-0.3, -0.25) is 4.79 Å². The minimum Gasteiger partial charge on any atom is -0.379 e. The topological polar surface area (TPSA) is 110 Å². The van der Waals surface area contributed by atoms with Crippen molar-refractivity contribution in [2.45, 2.75) is 49.3 Å². The molecular weight excluding hydrogens is 545 g/mol. The predicted octanol–water partition coefficient (Wildman–Crippen LogP) is 5.03.